The van der Waals surface area contributed by atoms with Crippen LogP contribution in [0.25, 0.3) is 0 Å². The van der Waals surface area contributed by atoms with Crippen molar-refractivity contribution in [2.75, 3.05) is 0 Å². The number of hydroxylamine groups is 2. The van der Waals surface area contributed by atoms with E-state index in [1.807, 2.05) is 0 Å². The van der Waals surface area contributed by atoms with E-state index < -0.39 is 30.1 Å². The molecule has 1 aliphatic rings. The summed E-state index contributed by atoms with van der Waals surface area (Å²) in [7, 11) is 0. The predicted molar refractivity (Wildman–Crippen MR) is 60.2 cm³/mol. The van der Waals surface area contributed by atoms with Crippen molar-refractivity contribution < 1.29 is 18.8 Å². The Morgan fingerprint density at radius 1 is 1.59 bits per heavy atom. The van der Waals surface area contributed by atoms with Gasteiger partial charge in [0, 0.05) is 0 Å². The molecule has 1 aliphatic heterocycles. The molecule has 0 radical (unpaired) electrons. The SMILES string of the molecule is C=C(C)C(C(=O)OC(C)(C)C)N1OC(N)C1F. The lowest BCUT2D eigenvalue weighted by atomic mass is 10.1. The van der Waals surface area contributed by atoms with Gasteiger partial charge in [-0.3, -0.25) is 4.84 Å². The molecular weight excluding hydrogens is 227 g/mol. The van der Waals surface area contributed by atoms with Gasteiger partial charge in [-0.2, -0.15) is 0 Å². The summed E-state index contributed by atoms with van der Waals surface area (Å²) in [5, 5.41) is 0.876. The van der Waals surface area contributed by atoms with Gasteiger partial charge < -0.3 is 10.5 Å². The number of nitrogens with two attached hydrogens (primary N) is 1. The van der Waals surface area contributed by atoms with E-state index in [-0.39, 0.29) is 0 Å². The van der Waals surface area contributed by atoms with Crippen LogP contribution in [0.3, 0.4) is 0 Å². The molecule has 98 valence electrons. The van der Waals surface area contributed by atoms with Gasteiger partial charge in [-0.05, 0) is 33.3 Å². The lowest BCUT2D eigenvalue weighted by Crippen LogP contribution is -2.65. The van der Waals surface area contributed by atoms with E-state index in [1.165, 1.54) is 0 Å². The van der Waals surface area contributed by atoms with Crippen molar-refractivity contribution in [1.29, 1.82) is 0 Å². The number of hydrogen-bond donors (Lipinski definition) is 1. The van der Waals surface area contributed by atoms with Crippen molar-refractivity contribution in [2.45, 2.75) is 51.9 Å². The van der Waals surface area contributed by atoms with Gasteiger partial charge >= 0.3 is 5.97 Å². The zero-order valence-electron chi connectivity index (χ0n) is 10.6. The van der Waals surface area contributed by atoms with E-state index in [1.54, 1.807) is 27.7 Å². The molecule has 6 heteroatoms. The van der Waals surface area contributed by atoms with Crippen LogP contribution in [0.15, 0.2) is 12.2 Å². The molecule has 0 aromatic carbocycles. The van der Waals surface area contributed by atoms with E-state index in [9.17, 15) is 9.18 Å². The van der Waals surface area contributed by atoms with E-state index in [0.717, 1.165) is 5.06 Å². The predicted octanol–water partition coefficient (Wildman–Crippen LogP) is 1.10. The first-order chi connectivity index (χ1) is 7.63. The molecule has 1 saturated heterocycles. The Labute approximate surface area is 100 Å². The van der Waals surface area contributed by atoms with Gasteiger partial charge in [0.25, 0.3) is 0 Å². The van der Waals surface area contributed by atoms with Crippen molar-refractivity contribution in [3.05, 3.63) is 12.2 Å². The summed E-state index contributed by atoms with van der Waals surface area (Å²) in [5.74, 6) is -0.598. The normalized spacial score (nSPS) is 27.2. The molecule has 17 heavy (non-hydrogen) atoms. The Kier molecular flexibility index (Phi) is 3.91. The standard InChI is InChI=1S/C11H19FN2O3/c1-6(2)7(10(15)16-11(3,4)5)14-8(12)9(13)17-14/h7-9H,1,13H2,2-5H3. The molecule has 1 rings (SSSR count). The largest absolute Gasteiger partial charge is 0.458 e. The fourth-order valence-corrected chi connectivity index (χ4v) is 1.42. The van der Waals surface area contributed by atoms with Crippen LogP contribution in [0.5, 0.6) is 0 Å². The van der Waals surface area contributed by atoms with Gasteiger partial charge in [-0.15, -0.1) is 5.06 Å². The van der Waals surface area contributed by atoms with Crippen LogP contribution in [0.2, 0.25) is 0 Å². The molecule has 3 unspecified atom stereocenters. The van der Waals surface area contributed by atoms with Gasteiger partial charge in [-0.25, -0.2) is 9.18 Å². The first-order valence-corrected chi connectivity index (χ1v) is 5.36. The van der Waals surface area contributed by atoms with Crippen molar-refractivity contribution in [1.82, 2.24) is 5.06 Å². The molecule has 1 heterocycles. The molecular formula is C11H19FN2O3. The molecule has 3 atom stereocenters. The zero-order valence-corrected chi connectivity index (χ0v) is 10.6. The minimum atomic E-state index is -1.52. The number of carbonyl (C=O) groups excluding carboxylic acids is 1. The van der Waals surface area contributed by atoms with Gasteiger partial charge in [0.05, 0.1) is 0 Å². The first kappa shape index (κ1) is 14.1. The van der Waals surface area contributed by atoms with Crippen LogP contribution >= 0.6 is 0 Å². The molecule has 5 nitrogen and oxygen atoms in total. The maximum atomic E-state index is 13.4. The smallest absolute Gasteiger partial charge is 0.330 e. The first-order valence-electron chi connectivity index (χ1n) is 5.36. The molecule has 0 aromatic rings. The van der Waals surface area contributed by atoms with Gasteiger partial charge in [-0.1, -0.05) is 6.58 Å². The van der Waals surface area contributed by atoms with Crippen molar-refractivity contribution >= 4 is 5.97 Å². The average molecular weight is 246 g/mol. The topological polar surface area (TPSA) is 64.8 Å². The lowest BCUT2D eigenvalue weighted by molar-refractivity contribution is -0.380. The van der Waals surface area contributed by atoms with Crippen LogP contribution in [0.1, 0.15) is 27.7 Å². The van der Waals surface area contributed by atoms with Crippen LogP contribution in [0.4, 0.5) is 4.39 Å². The summed E-state index contributed by atoms with van der Waals surface area (Å²) >= 11 is 0. The monoisotopic (exact) mass is 246 g/mol. The fraction of sp³-hybridized carbons (Fsp3) is 0.727. The van der Waals surface area contributed by atoms with Crippen molar-refractivity contribution in [2.24, 2.45) is 5.73 Å². The molecule has 0 aromatic heterocycles. The second kappa shape index (κ2) is 4.72. The highest BCUT2D eigenvalue weighted by Gasteiger charge is 2.47. The van der Waals surface area contributed by atoms with Crippen molar-refractivity contribution in [3.8, 4) is 0 Å². The Balaban J connectivity index is 2.74. The quantitative estimate of drug-likeness (QED) is 0.459. The average Bonchev–Trinajstić information content (AvgIpc) is 2.13. The van der Waals surface area contributed by atoms with Crippen LogP contribution in [0, 0.1) is 0 Å². The van der Waals surface area contributed by atoms with Crippen LogP contribution in [-0.4, -0.2) is 35.2 Å². The van der Waals surface area contributed by atoms with Crippen molar-refractivity contribution in [3.63, 3.8) is 0 Å². The Bertz CT molecular complexity index is 327. The highest BCUT2D eigenvalue weighted by molar-refractivity contribution is 5.79. The molecule has 2 N–H and O–H groups in total. The number of carbonyl (C=O) groups is 1. The number of nitrogens with zero attached hydrogens (tertiary/aromatic N) is 1. The number of alkyl halides is 1. The molecule has 1 fully saturated rings. The molecule has 0 spiro atoms. The number of rotatable bonds is 3. The minimum absolute atomic E-state index is 0.439. The Morgan fingerprint density at radius 3 is 2.41 bits per heavy atom. The van der Waals surface area contributed by atoms with Gasteiger partial charge in [0.1, 0.15) is 5.60 Å². The molecule has 0 saturated carbocycles. The fourth-order valence-electron chi connectivity index (χ4n) is 1.42. The molecule has 0 aliphatic carbocycles. The zero-order chi connectivity index (χ0) is 13.4. The van der Waals surface area contributed by atoms with Gasteiger partial charge in [0.2, 0.25) is 6.30 Å². The van der Waals surface area contributed by atoms with Gasteiger partial charge in [0.15, 0.2) is 12.3 Å². The maximum Gasteiger partial charge on any atom is 0.330 e. The third-order valence-corrected chi connectivity index (χ3v) is 2.11. The summed E-state index contributed by atoms with van der Waals surface area (Å²) in [5.41, 5.74) is 5.05. The van der Waals surface area contributed by atoms with Crippen LogP contribution in [-0.2, 0) is 14.4 Å². The third-order valence-electron chi connectivity index (χ3n) is 2.11. The van der Waals surface area contributed by atoms with Crippen LogP contribution < -0.4 is 5.73 Å². The molecule has 0 bridgehead atoms. The van der Waals surface area contributed by atoms with E-state index in [4.69, 9.17) is 15.3 Å². The second-order valence-electron chi connectivity index (χ2n) is 5.08. The number of hydrogen-bond acceptors (Lipinski definition) is 5. The summed E-state index contributed by atoms with van der Waals surface area (Å²) in [6, 6.07) is -0.968. The highest BCUT2D eigenvalue weighted by Crippen LogP contribution is 2.27. The Morgan fingerprint density at radius 2 is 2.12 bits per heavy atom. The van der Waals surface area contributed by atoms with E-state index in [0.29, 0.717) is 5.57 Å². The summed E-state index contributed by atoms with van der Waals surface area (Å²) < 4.78 is 18.6. The number of esters is 1. The number of ether oxygens (including phenoxy) is 1. The number of halogens is 1. The van der Waals surface area contributed by atoms with E-state index >= 15 is 0 Å². The third kappa shape index (κ3) is 3.24. The summed E-state index contributed by atoms with van der Waals surface area (Å²) in [6.07, 6.45) is -2.55. The Hall–Kier alpha value is -0.980. The highest BCUT2D eigenvalue weighted by atomic mass is 19.1. The summed E-state index contributed by atoms with van der Waals surface area (Å²) in [6.45, 7) is 10.4. The second-order valence-corrected chi connectivity index (χ2v) is 5.08. The lowest BCUT2D eigenvalue weighted by Gasteiger charge is -2.43. The molecule has 0 amide bonds. The maximum absolute atomic E-state index is 13.4. The minimum Gasteiger partial charge on any atom is -0.458 e. The van der Waals surface area contributed by atoms with E-state index in [2.05, 4.69) is 6.58 Å². The summed E-state index contributed by atoms with van der Waals surface area (Å²) in [4.78, 5) is 16.8.